The molecule has 6 heteroatoms. The molecule has 1 fully saturated rings. The Bertz CT molecular complexity index is 550. The standard InChI is InChI=1S/C16H23ClN2O3/c1-5-22-15-13(17)8-12(9-14(15)21-4)16(20)19-7-6-18-10(2)11(19)3/h8-11,18H,5-7H2,1-4H3. The summed E-state index contributed by atoms with van der Waals surface area (Å²) in [6, 6.07) is 3.73. The van der Waals surface area contributed by atoms with E-state index in [1.807, 2.05) is 18.7 Å². The lowest BCUT2D eigenvalue weighted by Gasteiger charge is -2.38. The zero-order chi connectivity index (χ0) is 16.3. The molecule has 0 bridgehead atoms. The first kappa shape index (κ1) is 16.9. The van der Waals surface area contributed by atoms with Crippen molar-refractivity contribution < 1.29 is 14.3 Å². The topological polar surface area (TPSA) is 50.8 Å². The van der Waals surface area contributed by atoms with Gasteiger partial charge in [0.05, 0.1) is 18.7 Å². The Morgan fingerprint density at radius 2 is 2.18 bits per heavy atom. The lowest BCUT2D eigenvalue weighted by Crippen LogP contribution is -2.57. The summed E-state index contributed by atoms with van der Waals surface area (Å²) in [5.74, 6) is 0.919. The normalized spacial score (nSPS) is 21.6. The highest BCUT2D eigenvalue weighted by atomic mass is 35.5. The molecule has 1 aromatic rings. The molecular formula is C16H23ClN2O3. The second-order valence-electron chi connectivity index (χ2n) is 5.40. The molecule has 5 nitrogen and oxygen atoms in total. The number of ether oxygens (including phenoxy) is 2. The molecule has 0 radical (unpaired) electrons. The van der Waals surface area contributed by atoms with E-state index < -0.39 is 0 Å². The van der Waals surface area contributed by atoms with Crippen molar-refractivity contribution >= 4 is 17.5 Å². The van der Waals surface area contributed by atoms with Gasteiger partial charge in [-0.1, -0.05) is 11.6 Å². The molecule has 0 aromatic heterocycles. The van der Waals surface area contributed by atoms with Crippen LogP contribution in [0.15, 0.2) is 12.1 Å². The Morgan fingerprint density at radius 3 is 2.82 bits per heavy atom. The minimum Gasteiger partial charge on any atom is -0.493 e. The highest BCUT2D eigenvalue weighted by Gasteiger charge is 2.29. The Balaban J connectivity index is 2.32. The third-order valence-corrected chi connectivity index (χ3v) is 4.34. The maximum atomic E-state index is 12.8. The number of rotatable bonds is 4. The predicted octanol–water partition coefficient (Wildman–Crippen LogP) is 2.57. The molecule has 2 atom stereocenters. The minimum atomic E-state index is -0.0379. The van der Waals surface area contributed by atoms with E-state index in [1.165, 1.54) is 7.11 Å². The van der Waals surface area contributed by atoms with Gasteiger partial charge in [-0.05, 0) is 32.9 Å². The van der Waals surface area contributed by atoms with Gasteiger partial charge < -0.3 is 19.7 Å². The predicted molar refractivity (Wildman–Crippen MR) is 87.1 cm³/mol. The van der Waals surface area contributed by atoms with Gasteiger partial charge >= 0.3 is 0 Å². The first-order valence-electron chi connectivity index (χ1n) is 7.54. The first-order valence-corrected chi connectivity index (χ1v) is 7.92. The SMILES string of the molecule is CCOc1c(Cl)cc(C(=O)N2CCNC(C)C2C)cc1OC. The number of carbonyl (C=O) groups is 1. The monoisotopic (exact) mass is 326 g/mol. The van der Waals surface area contributed by atoms with Crippen LogP contribution in [-0.4, -0.2) is 49.7 Å². The van der Waals surface area contributed by atoms with Gasteiger partial charge in [0.15, 0.2) is 11.5 Å². The molecule has 2 unspecified atom stereocenters. The van der Waals surface area contributed by atoms with E-state index in [0.29, 0.717) is 35.2 Å². The van der Waals surface area contributed by atoms with Crippen LogP contribution in [0.25, 0.3) is 0 Å². The van der Waals surface area contributed by atoms with Crippen LogP contribution in [0.1, 0.15) is 31.1 Å². The van der Waals surface area contributed by atoms with Crippen molar-refractivity contribution in [2.75, 3.05) is 26.8 Å². The molecule has 1 aliphatic heterocycles. The number of halogens is 1. The molecule has 22 heavy (non-hydrogen) atoms. The molecule has 1 N–H and O–H groups in total. The van der Waals surface area contributed by atoms with E-state index in [2.05, 4.69) is 12.2 Å². The molecule has 2 rings (SSSR count). The summed E-state index contributed by atoms with van der Waals surface area (Å²) in [5, 5.41) is 3.75. The summed E-state index contributed by atoms with van der Waals surface area (Å²) < 4.78 is 10.8. The number of piperazine rings is 1. The van der Waals surface area contributed by atoms with E-state index in [1.54, 1.807) is 12.1 Å². The second kappa shape index (κ2) is 7.20. The number of benzene rings is 1. The van der Waals surface area contributed by atoms with Crippen LogP contribution in [0.5, 0.6) is 11.5 Å². The lowest BCUT2D eigenvalue weighted by atomic mass is 10.0. The molecule has 0 spiro atoms. The Hall–Kier alpha value is -1.46. The number of hydrogen-bond acceptors (Lipinski definition) is 4. The van der Waals surface area contributed by atoms with Gasteiger partial charge in [0.1, 0.15) is 0 Å². The van der Waals surface area contributed by atoms with Crippen molar-refractivity contribution in [2.45, 2.75) is 32.9 Å². The smallest absolute Gasteiger partial charge is 0.254 e. The largest absolute Gasteiger partial charge is 0.493 e. The average Bonchev–Trinajstić information content (AvgIpc) is 2.51. The first-order chi connectivity index (χ1) is 10.5. The molecule has 1 amide bonds. The number of nitrogens with one attached hydrogen (secondary N) is 1. The molecule has 0 aliphatic carbocycles. The van der Waals surface area contributed by atoms with Crippen molar-refractivity contribution in [2.24, 2.45) is 0 Å². The van der Waals surface area contributed by atoms with Crippen LogP contribution in [0.2, 0.25) is 5.02 Å². The van der Waals surface area contributed by atoms with Crippen LogP contribution in [0, 0.1) is 0 Å². The van der Waals surface area contributed by atoms with Crippen molar-refractivity contribution in [3.63, 3.8) is 0 Å². The molecule has 1 aliphatic rings. The number of amides is 1. The van der Waals surface area contributed by atoms with Gasteiger partial charge in [-0.2, -0.15) is 0 Å². The number of nitrogens with zero attached hydrogens (tertiary/aromatic N) is 1. The van der Waals surface area contributed by atoms with Crippen LogP contribution in [0.3, 0.4) is 0 Å². The number of hydrogen-bond donors (Lipinski definition) is 1. The van der Waals surface area contributed by atoms with Crippen LogP contribution in [0.4, 0.5) is 0 Å². The summed E-state index contributed by atoms with van der Waals surface area (Å²) >= 11 is 6.25. The highest BCUT2D eigenvalue weighted by molar-refractivity contribution is 6.32. The van der Waals surface area contributed by atoms with E-state index in [4.69, 9.17) is 21.1 Å². The fourth-order valence-corrected chi connectivity index (χ4v) is 2.90. The van der Waals surface area contributed by atoms with Gasteiger partial charge in [0.2, 0.25) is 0 Å². The summed E-state index contributed by atoms with van der Waals surface area (Å²) in [4.78, 5) is 14.7. The summed E-state index contributed by atoms with van der Waals surface area (Å²) in [7, 11) is 1.54. The summed E-state index contributed by atoms with van der Waals surface area (Å²) in [6.07, 6.45) is 0. The van der Waals surface area contributed by atoms with Crippen LogP contribution < -0.4 is 14.8 Å². The van der Waals surface area contributed by atoms with Gasteiger partial charge in [-0.25, -0.2) is 0 Å². The van der Waals surface area contributed by atoms with Crippen molar-refractivity contribution in [3.8, 4) is 11.5 Å². The molecule has 0 saturated carbocycles. The molecule has 122 valence electrons. The van der Waals surface area contributed by atoms with Gasteiger partial charge in [-0.3, -0.25) is 4.79 Å². The maximum absolute atomic E-state index is 12.8. The third kappa shape index (κ3) is 3.31. The number of carbonyl (C=O) groups excluding carboxylic acids is 1. The van der Waals surface area contributed by atoms with Gasteiger partial charge in [0.25, 0.3) is 5.91 Å². The van der Waals surface area contributed by atoms with Crippen LogP contribution in [-0.2, 0) is 0 Å². The average molecular weight is 327 g/mol. The van der Waals surface area contributed by atoms with Gasteiger partial charge in [0, 0.05) is 30.7 Å². The number of methoxy groups -OCH3 is 1. The Labute approximate surface area is 136 Å². The van der Waals surface area contributed by atoms with E-state index in [-0.39, 0.29) is 18.0 Å². The zero-order valence-electron chi connectivity index (χ0n) is 13.5. The van der Waals surface area contributed by atoms with Crippen LogP contribution >= 0.6 is 11.6 Å². The van der Waals surface area contributed by atoms with E-state index >= 15 is 0 Å². The van der Waals surface area contributed by atoms with E-state index in [0.717, 1.165) is 6.54 Å². The van der Waals surface area contributed by atoms with Crippen molar-refractivity contribution in [3.05, 3.63) is 22.7 Å². The minimum absolute atomic E-state index is 0.0379. The fraction of sp³-hybridized carbons (Fsp3) is 0.562. The third-order valence-electron chi connectivity index (χ3n) is 4.06. The van der Waals surface area contributed by atoms with Gasteiger partial charge in [-0.15, -0.1) is 0 Å². The Kier molecular flexibility index (Phi) is 5.53. The van der Waals surface area contributed by atoms with Crippen molar-refractivity contribution in [1.29, 1.82) is 0 Å². The quantitative estimate of drug-likeness (QED) is 0.924. The summed E-state index contributed by atoms with van der Waals surface area (Å²) in [6.45, 7) is 7.95. The highest BCUT2D eigenvalue weighted by Crippen LogP contribution is 2.36. The second-order valence-corrected chi connectivity index (χ2v) is 5.81. The maximum Gasteiger partial charge on any atom is 0.254 e. The van der Waals surface area contributed by atoms with E-state index in [9.17, 15) is 4.79 Å². The zero-order valence-corrected chi connectivity index (χ0v) is 14.2. The summed E-state index contributed by atoms with van der Waals surface area (Å²) in [5.41, 5.74) is 0.520. The molecule has 1 heterocycles. The molecular weight excluding hydrogens is 304 g/mol. The Morgan fingerprint density at radius 1 is 1.45 bits per heavy atom. The molecule has 1 aromatic carbocycles. The fourth-order valence-electron chi connectivity index (χ4n) is 2.64. The molecule has 1 saturated heterocycles. The van der Waals surface area contributed by atoms with Crippen molar-refractivity contribution in [1.82, 2.24) is 10.2 Å². The lowest BCUT2D eigenvalue weighted by molar-refractivity contribution is 0.0602.